The molecule has 0 saturated carbocycles. The molecule has 1 N–H and O–H groups in total. The molecule has 2 atom stereocenters. The molecule has 0 aromatic heterocycles. The quantitative estimate of drug-likeness (QED) is 0.747. The smallest absolute Gasteiger partial charge is 0.243 e. The Labute approximate surface area is 178 Å². The van der Waals surface area contributed by atoms with E-state index in [0.717, 1.165) is 29.7 Å². The number of amides is 1. The largest absolute Gasteiger partial charge is 0.349 e. The van der Waals surface area contributed by atoms with Crippen molar-refractivity contribution in [3.05, 3.63) is 65.0 Å². The lowest BCUT2D eigenvalue weighted by molar-refractivity contribution is -0.126. The molecule has 0 spiro atoms. The Hall–Kier alpha value is -2.25. The van der Waals surface area contributed by atoms with Gasteiger partial charge in [0.1, 0.15) is 5.82 Å². The van der Waals surface area contributed by atoms with Gasteiger partial charge in [-0.15, -0.1) is 0 Å². The van der Waals surface area contributed by atoms with Crippen molar-refractivity contribution in [2.45, 2.75) is 51.0 Å². The summed E-state index contributed by atoms with van der Waals surface area (Å²) in [7, 11) is -3.76. The van der Waals surface area contributed by atoms with Gasteiger partial charge in [-0.05, 0) is 68.5 Å². The number of nitrogens with one attached hydrogen (secondary N) is 1. The zero-order chi connectivity index (χ0) is 21.9. The third-order valence-corrected chi connectivity index (χ3v) is 7.61. The fourth-order valence-electron chi connectivity index (χ4n) is 4.04. The van der Waals surface area contributed by atoms with E-state index in [2.05, 4.69) is 11.4 Å². The minimum absolute atomic E-state index is 0.0478. The molecule has 1 saturated heterocycles. The van der Waals surface area contributed by atoms with E-state index in [1.807, 2.05) is 32.9 Å². The number of sulfonamides is 1. The van der Waals surface area contributed by atoms with Crippen molar-refractivity contribution in [3.8, 4) is 0 Å². The number of nitrogens with zero attached hydrogens (tertiary/aromatic N) is 1. The fourth-order valence-corrected chi connectivity index (χ4v) is 5.56. The van der Waals surface area contributed by atoms with E-state index in [1.165, 1.54) is 22.0 Å². The Morgan fingerprint density at radius 3 is 2.53 bits per heavy atom. The molecule has 30 heavy (non-hydrogen) atoms. The summed E-state index contributed by atoms with van der Waals surface area (Å²) < 4.78 is 40.3. The zero-order valence-corrected chi connectivity index (χ0v) is 18.5. The molecule has 1 aliphatic rings. The summed E-state index contributed by atoms with van der Waals surface area (Å²) in [6.45, 7) is 6.59. The van der Waals surface area contributed by atoms with Gasteiger partial charge in [0.2, 0.25) is 15.9 Å². The zero-order valence-electron chi connectivity index (χ0n) is 17.7. The second-order valence-corrected chi connectivity index (χ2v) is 9.92. The molecule has 3 rings (SSSR count). The summed E-state index contributed by atoms with van der Waals surface area (Å²) in [6, 6.07) is 10.9. The van der Waals surface area contributed by atoms with Gasteiger partial charge in [-0.1, -0.05) is 30.7 Å². The van der Waals surface area contributed by atoms with Crippen molar-refractivity contribution in [1.82, 2.24) is 9.62 Å². The molecule has 7 heteroatoms. The van der Waals surface area contributed by atoms with Crippen LogP contribution in [-0.2, 0) is 14.8 Å². The van der Waals surface area contributed by atoms with Gasteiger partial charge in [-0.25, -0.2) is 12.8 Å². The Morgan fingerprint density at radius 1 is 1.20 bits per heavy atom. The van der Waals surface area contributed by atoms with Gasteiger partial charge in [-0.2, -0.15) is 4.31 Å². The number of hydrogen-bond acceptors (Lipinski definition) is 3. The molecule has 0 bridgehead atoms. The Morgan fingerprint density at radius 2 is 1.90 bits per heavy atom. The van der Waals surface area contributed by atoms with E-state index >= 15 is 0 Å². The third kappa shape index (κ3) is 4.90. The first-order valence-corrected chi connectivity index (χ1v) is 11.8. The second-order valence-electron chi connectivity index (χ2n) is 7.99. The number of piperidine rings is 1. The van der Waals surface area contributed by atoms with Crippen molar-refractivity contribution < 1.29 is 17.6 Å². The average molecular weight is 433 g/mol. The minimum Gasteiger partial charge on any atom is -0.349 e. The van der Waals surface area contributed by atoms with Gasteiger partial charge >= 0.3 is 0 Å². The second kappa shape index (κ2) is 9.27. The van der Waals surface area contributed by atoms with E-state index in [-0.39, 0.29) is 23.4 Å². The van der Waals surface area contributed by atoms with Crippen LogP contribution in [0, 0.1) is 25.6 Å². The Balaban J connectivity index is 1.72. The first kappa shape index (κ1) is 22.4. The molecule has 1 amide bonds. The lowest BCUT2D eigenvalue weighted by Gasteiger charge is -2.32. The van der Waals surface area contributed by atoms with E-state index in [4.69, 9.17) is 0 Å². The van der Waals surface area contributed by atoms with Gasteiger partial charge in [0, 0.05) is 13.1 Å². The number of hydrogen-bond donors (Lipinski definition) is 1. The molecule has 5 nitrogen and oxygen atoms in total. The lowest BCUT2D eigenvalue weighted by atomic mass is 9.95. The monoisotopic (exact) mass is 432 g/mol. The maximum absolute atomic E-state index is 13.2. The van der Waals surface area contributed by atoms with Crippen LogP contribution in [0.4, 0.5) is 4.39 Å². The number of rotatable bonds is 6. The molecular weight excluding hydrogens is 403 g/mol. The van der Waals surface area contributed by atoms with Crippen molar-refractivity contribution in [2.24, 2.45) is 5.92 Å². The molecule has 1 fully saturated rings. The normalized spacial score (nSPS) is 18.7. The van der Waals surface area contributed by atoms with Crippen molar-refractivity contribution >= 4 is 15.9 Å². The van der Waals surface area contributed by atoms with Gasteiger partial charge in [0.15, 0.2) is 0 Å². The summed E-state index contributed by atoms with van der Waals surface area (Å²) in [5, 5.41) is 3.12. The highest BCUT2D eigenvalue weighted by atomic mass is 32.2. The summed E-state index contributed by atoms with van der Waals surface area (Å²) in [6.07, 6.45) is 2.00. The molecular formula is C23H29FN2O3S. The van der Waals surface area contributed by atoms with Gasteiger partial charge in [0.05, 0.1) is 16.9 Å². The predicted molar refractivity (Wildman–Crippen MR) is 115 cm³/mol. The van der Waals surface area contributed by atoms with Crippen molar-refractivity contribution in [2.75, 3.05) is 13.1 Å². The molecule has 2 aromatic carbocycles. The van der Waals surface area contributed by atoms with Crippen molar-refractivity contribution in [3.63, 3.8) is 0 Å². The predicted octanol–water partition coefficient (Wildman–Crippen LogP) is 4.11. The van der Waals surface area contributed by atoms with Crippen LogP contribution in [0.1, 0.15) is 48.9 Å². The summed E-state index contributed by atoms with van der Waals surface area (Å²) >= 11 is 0. The highest BCUT2D eigenvalue weighted by molar-refractivity contribution is 7.89. The van der Waals surface area contributed by atoms with E-state index in [0.29, 0.717) is 19.4 Å². The van der Waals surface area contributed by atoms with E-state index < -0.39 is 21.8 Å². The van der Waals surface area contributed by atoms with Crippen LogP contribution in [0.15, 0.2) is 47.4 Å². The number of carbonyl (C=O) groups excluding carboxylic acids is 1. The first-order chi connectivity index (χ1) is 14.2. The molecule has 0 unspecified atom stereocenters. The fraction of sp³-hybridized carbons (Fsp3) is 0.435. The molecule has 0 radical (unpaired) electrons. The van der Waals surface area contributed by atoms with Crippen LogP contribution in [0.2, 0.25) is 0 Å². The van der Waals surface area contributed by atoms with Crippen molar-refractivity contribution in [1.29, 1.82) is 0 Å². The van der Waals surface area contributed by atoms with E-state index in [1.54, 1.807) is 0 Å². The number of halogens is 1. The minimum atomic E-state index is -3.76. The summed E-state index contributed by atoms with van der Waals surface area (Å²) in [4.78, 5) is 13.0. The van der Waals surface area contributed by atoms with Crippen LogP contribution in [0.25, 0.3) is 0 Å². The van der Waals surface area contributed by atoms with Gasteiger partial charge in [-0.3, -0.25) is 4.79 Å². The Kier molecular flexibility index (Phi) is 6.93. The highest BCUT2D eigenvalue weighted by Gasteiger charge is 2.34. The highest BCUT2D eigenvalue weighted by Crippen LogP contribution is 2.26. The van der Waals surface area contributed by atoms with Crippen LogP contribution in [0.3, 0.4) is 0 Å². The third-order valence-electron chi connectivity index (χ3n) is 5.73. The molecule has 162 valence electrons. The standard InChI is InChI=1S/C23H29FN2O3S/c1-4-22(21-12-7-16(2)14-17(21)3)25-23(27)18-6-5-13-26(15-18)30(28,29)20-10-8-19(24)9-11-20/h7-12,14,18,22H,4-6,13,15H2,1-3H3,(H,25,27)/t18-,22+/m0/s1. The molecule has 1 aliphatic heterocycles. The molecule has 2 aromatic rings. The maximum atomic E-state index is 13.2. The topological polar surface area (TPSA) is 66.5 Å². The maximum Gasteiger partial charge on any atom is 0.243 e. The van der Waals surface area contributed by atoms with Gasteiger partial charge < -0.3 is 5.32 Å². The number of aryl methyl sites for hydroxylation is 2. The Bertz CT molecular complexity index is 1010. The van der Waals surface area contributed by atoms with Crippen LogP contribution in [-0.4, -0.2) is 31.7 Å². The van der Waals surface area contributed by atoms with E-state index in [9.17, 15) is 17.6 Å². The molecule has 0 aliphatic carbocycles. The lowest BCUT2D eigenvalue weighted by Crippen LogP contribution is -2.46. The average Bonchev–Trinajstić information content (AvgIpc) is 2.72. The number of benzene rings is 2. The van der Waals surface area contributed by atoms with Gasteiger partial charge in [0.25, 0.3) is 0 Å². The summed E-state index contributed by atoms with van der Waals surface area (Å²) in [5.41, 5.74) is 3.39. The molecule has 1 heterocycles. The number of carbonyl (C=O) groups is 1. The van der Waals surface area contributed by atoms with Crippen LogP contribution < -0.4 is 5.32 Å². The summed E-state index contributed by atoms with van der Waals surface area (Å²) in [5.74, 6) is -1.02. The van der Waals surface area contributed by atoms with Crippen LogP contribution >= 0.6 is 0 Å². The first-order valence-electron chi connectivity index (χ1n) is 10.4. The van der Waals surface area contributed by atoms with Crippen LogP contribution in [0.5, 0.6) is 0 Å². The SMILES string of the molecule is CC[C@@H](NC(=O)[C@H]1CCCN(S(=O)(=O)c2ccc(F)cc2)C1)c1ccc(C)cc1C.